The van der Waals surface area contributed by atoms with Gasteiger partial charge in [-0.05, 0) is 19.4 Å². The molecule has 0 fully saturated rings. The van der Waals surface area contributed by atoms with Crippen LogP contribution in [0.5, 0.6) is 0 Å². The fourth-order valence-corrected chi connectivity index (χ4v) is 3.28. The fourth-order valence-electron chi connectivity index (χ4n) is 2.33. The second kappa shape index (κ2) is 9.28. The molecule has 0 radical (unpaired) electrons. The summed E-state index contributed by atoms with van der Waals surface area (Å²) < 4.78 is 30.5. The van der Waals surface area contributed by atoms with E-state index in [-0.39, 0.29) is 31.1 Å². The van der Waals surface area contributed by atoms with Crippen LogP contribution in [-0.4, -0.2) is 30.5 Å². The van der Waals surface area contributed by atoms with Gasteiger partial charge in [0.15, 0.2) is 0 Å². The minimum atomic E-state index is -3.73. The molecule has 0 unspecified atom stereocenters. The highest BCUT2D eigenvalue weighted by Gasteiger charge is 2.14. The molecular weight excluding hydrogens is 372 g/mol. The highest BCUT2D eigenvalue weighted by atomic mass is 32.2. The normalized spacial score (nSPS) is 11.2. The van der Waals surface area contributed by atoms with Gasteiger partial charge in [0.25, 0.3) is 5.56 Å². The number of aryl methyl sites for hydroxylation is 1. The molecule has 0 amide bonds. The van der Waals surface area contributed by atoms with Crippen LogP contribution >= 0.6 is 0 Å². The zero-order valence-electron chi connectivity index (χ0n) is 15.1. The third-order valence-electron chi connectivity index (χ3n) is 3.62. The van der Waals surface area contributed by atoms with E-state index in [2.05, 4.69) is 15.2 Å². The average molecular weight is 394 g/mol. The van der Waals surface area contributed by atoms with Crippen molar-refractivity contribution < 1.29 is 17.9 Å². The first-order valence-electron chi connectivity index (χ1n) is 8.34. The largest absolute Gasteiger partial charge is 0.466 e. The van der Waals surface area contributed by atoms with Crippen LogP contribution in [0.2, 0.25) is 0 Å². The lowest BCUT2D eigenvalue weighted by molar-refractivity contribution is -0.143. The molecule has 2 N–H and O–H groups in total. The SMILES string of the molecule is CCOC(=O)CCn1c(C)cnc(NNS(=O)(=O)Cc2ccccc2)c1=O. The highest BCUT2D eigenvalue weighted by Crippen LogP contribution is 2.05. The van der Waals surface area contributed by atoms with Gasteiger partial charge in [0.2, 0.25) is 15.8 Å². The van der Waals surface area contributed by atoms with E-state index < -0.39 is 21.6 Å². The maximum atomic E-state index is 12.5. The minimum absolute atomic E-state index is 0.0256. The Labute approximate surface area is 157 Å². The summed E-state index contributed by atoms with van der Waals surface area (Å²) >= 11 is 0. The summed E-state index contributed by atoms with van der Waals surface area (Å²) in [6.07, 6.45) is 1.44. The lowest BCUT2D eigenvalue weighted by atomic mass is 10.2. The van der Waals surface area contributed by atoms with Gasteiger partial charge < -0.3 is 9.30 Å². The average Bonchev–Trinajstić information content (AvgIpc) is 2.61. The number of esters is 1. The van der Waals surface area contributed by atoms with Gasteiger partial charge >= 0.3 is 5.97 Å². The molecule has 27 heavy (non-hydrogen) atoms. The van der Waals surface area contributed by atoms with Gasteiger partial charge in [0, 0.05) is 18.4 Å². The van der Waals surface area contributed by atoms with Gasteiger partial charge in [0.05, 0.1) is 18.8 Å². The van der Waals surface area contributed by atoms with E-state index in [4.69, 9.17) is 4.74 Å². The van der Waals surface area contributed by atoms with E-state index in [1.165, 1.54) is 10.8 Å². The fraction of sp³-hybridized carbons (Fsp3) is 0.353. The Morgan fingerprint density at radius 3 is 2.63 bits per heavy atom. The molecule has 0 bridgehead atoms. The topological polar surface area (TPSA) is 119 Å². The smallest absolute Gasteiger partial charge is 0.307 e. The molecule has 0 aliphatic carbocycles. The van der Waals surface area contributed by atoms with Gasteiger partial charge in [-0.1, -0.05) is 30.3 Å². The standard InChI is InChI=1S/C17H22N4O5S/c1-3-26-15(22)9-10-21-13(2)11-18-16(17(21)23)19-20-27(24,25)12-14-7-5-4-6-8-14/h4-8,11,20H,3,9-10,12H2,1-2H3,(H,18,19). The number of sulfonamides is 1. The van der Waals surface area contributed by atoms with Gasteiger partial charge in [-0.2, -0.15) is 0 Å². The summed E-state index contributed by atoms with van der Waals surface area (Å²) in [5.41, 5.74) is 2.97. The molecule has 146 valence electrons. The number of anilines is 1. The van der Waals surface area contributed by atoms with Crippen LogP contribution in [0.25, 0.3) is 0 Å². The van der Waals surface area contributed by atoms with Crippen molar-refractivity contribution in [1.82, 2.24) is 14.4 Å². The van der Waals surface area contributed by atoms with E-state index in [9.17, 15) is 18.0 Å². The molecule has 10 heteroatoms. The Hall–Kier alpha value is -2.72. The van der Waals surface area contributed by atoms with E-state index in [0.717, 1.165) is 0 Å². The first kappa shape index (κ1) is 20.6. The molecule has 0 aliphatic rings. The summed E-state index contributed by atoms with van der Waals surface area (Å²) in [4.78, 5) is 30.1. The van der Waals surface area contributed by atoms with Crippen molar-refractivity contribution in [2.45, 2.75) is 32.6 Å². The summed E-state index contributed by atoms with van der Waals surface area (Å²) in [5, 5.41) is 0. The summed E-state index contributed by atoms with van der Waals surface area (Å²) in [5.74, 6) is -0.844. The van der Waals surface area contributed by atoms with Crippen molar-refractivity contribution in [3.8, 4) is 0 Å². The van der Waals surface area contributed by atoms with Crippen molar-refractivity contribution >= 4 is 21.8 Å². The van der Waals surface area contributed by atoms with Crippen molar-refractivity contribution in [3.63, 3.8) is 0 Å². The number of carbonyl (C=O) groups excluding carboxylic acids is 1. The van der Waals surface area contributed by atoms with E-state index >= 15 is 0 Å². The molecular formula is C17H22N4O5S. The summed E-state index contributed by atoms with van der Waals surface area (Å²) in [6.45, 7) is 3.74. The van der Waals surface area contributed by atoms with Crippen LogP contribution in [0.15, 0.2) is 41.3 Å². The van der Waals surface area contributed by atoms with Crippen LogP contribution < -0.4 is 15.8 Å². The number of aromatic nitrogens is 2. The molecule has 2 aromatic rings. The van der Waals surface area contributed by atoms with Gasteiger partial charge in [-0.15, -0.1) is 4.83 Å². The van der Waals surface area contributed by atoms with E-state index in [1.807, 2.05) is 0 Å². The predicted molar refractivity (Wildman–Crippen MR) is 100 cm³/mol. The molecule has 0 saturated heterocycles. The first-order valence-corrected chi connectivity index (χ1v) is 9.99. The maximum absolute atomic E-state index is 12.5. The van der Waals surface area contributed by atoms with Gasteiger partial charge in [0.1, 0.15) is 0 Å². The van der Waals surface area contributed by atoms with Crippen molar-refractivity contribution in [3.05, 3.63) is 58.1 Å². The zero-order valence-corrected chi connectivity index (χ0v) is 16.0. The number of benzene rings is 1. The van der Waals surface area contributed by atoms with Crippen molar-refractivity contribution in [1.29, 1.82) is 0 Å². The lowest BCUT2D eigenvalue weighted by Gasteiger charge is -2.13. The van der Waals surface area contributed by atoms with Crippen molar-refractivity contribution in [2.75, 3.05) is 12.0 Å². The lowest BCUT2D eigenvalue weighted by Crippen LogP contribution is -2.36. The molecule has 0 spiro atoms. The van der Waals surface area contributed by atoms with Crippen LogP contribution in [0, 0.1) is 6.92 Å². The van der Waals surface area contributed by atoms with Crippen LogP contribution in [0.4, 0.5) is 5.82 Å². The number of nitrogens with one attached hydrogen (secondary N) is 2. The van der Waals surface area contributed by atoms with Gasteiger partial charge in [-0.25, -0.2) is 13.4 Å². The Morgan fingerprint density at radius 2 is 1.96 bits per heavy atom. The molecule has 0 aliphatic heterocycles. The molecule has 2 rings (SSSR count). The number of rotatable bonds is 9. The Bertz CT molecular complexity index is 942. The number of carbonyl (C=O) groups is 1. The third-order valence-corrected chi connectivity index (χ3v) is 4.75. The Kier molecular flexibility index (Phi) is 7.08. The second-order valence-corrected chi connectivity index (χ2v) is 7.45. The Morgan fingerprint density at radius 1 is 1.26 bits per heavy atom. The minimum Gasteiger partial charge on any atom is -0.466 e. The summed E-state index contributed by atoms with van der Waals surface area (Å²) in [6, 6.07) is 8.64. The number of nitrogens with zero attached hydrogens (tertiary/aromatic N) is 2. The maximum Gasteiger partial charge on any atom is 0.307 e. The van der Waals surface area contributed by atoms with Crippen molar-refractivity contribution in [2.24, 2.45) is 0 Å². The summed E-state index contributed by atoms with van der Waals surface area (Å²) in [7, 11) is -3.73. The first-order chi connectivity index (χ1) is 12.8. The quantitative estimate of drug-likeness (QED) is 0.480. The van der Waals surface area contributed by atoms with Gasteiger partial charge in [-0.3, -0.25) is 15.0 Å². The zero-order chi connectivity index (χ0) is 19.9. The third kappa shape index (κ3) is 6.19. The number of hydrazine groups is 1. The van der Waals surface area contributed by atoms with E-state index in [1.54, 1.807) is 44.2 Å². The highest BCUT2D eigenvalue weighted by molar-refractivity contribution is 7.88. The van der Waals surface area contributed by atoms with E-state index in [0.29, 0.717) is 11.3 Å². The molecule has 0 saturated carbocycles. The predicted octanol–water partition coefficient (Wildman–Crippen LogP) is 0.951. The van der Waals surface area contributed by atoms with Crippen LogP contribution in [0.1, 0.15) is 24.6 Å². The number of hydrogen-bond acceptors (Lipinski definition) is 7. The molecule has 1 heterocycles. The number of hydrogen-bond donors (Lipinski definition) is 2. The molecule has 1 aromatic heterocycles. The second-order valence-electron chi connectivity index (χ2n) is 5.73. The molecule has 0 atom stereocenters. The van der Waals surface area contributed by atoms with Crippen LogP contribution in [-0.2, 0) is 31.9 Å². The Balaban J connectivity index is 2.07. The molecule has 9 nitrogen and oxygen atoms in total. The number of ether oxygens (including phenoxy) is 1. The van der Waals surface area contributed by atoms with Crippen LogP contribution in [0.3, 0.4) is 0 Å². The molecule has 1 aromatic carbocycles. The monoisotopic (exact) mass is 394 g/mol.